The predicted octanol–water partition coefficient (Wildman–Crippen LogP) is 3.71. The van der Waals surface area contributed by atoms with Crippen molar-refractivity contribution in [2.45, 2.75) is 24.8 Å². The molecule has 168 valence electrons. The highest BCUT2D eigenvalue weighted by atomic mass is 16.5. The first-order valence-corrected chi connectivity index (χ1v) is 11.1. The summed E-state index contributed by atoms with van der Waals surface area (Å²) >= 11 is 0. The number of ether oxygens (including phenoxy) is 2. The van der Waals surface area contributed by atoms with E-state index < -0.39 is 0 Å². The number of nitrogens with two attached hydrogens (primary N) is 1. The van der Waals surface area contributed by atoms with Gasteiger partial charge in [0.05, 0.1) is 19.3 Å². The Kier molecular flexibility index (Phi) is 5.57. The number of hydrogen-bond acceptors (Lipinski definition) is 5. The molecule has 3 aromatic rings. The molecular weight excluding hydrogens is 416 g/mol. The second kappa shape index (κ2) is 8.68. The summed E-state index contributed by atoms with van der Waals surface area (Å²) in [6.07, 6.45) is 1.70. The molecule has 1 amide bonds. The molecule has 1 fully saturated rings. The van der Waals surface area contributed by atoms with Gasteiger partial charge in [-0.1, -0.05) is 30.2 Å². The molecular formula is C27H26N2O4. The van der Waals surface area contributed by atoms with E-state index in [0.717, 1.165) is 29.7 Å². The van der Waals surface area contributed by atoms with Crippen LogP contribution in [0.5, 0.6) is 11.5 Å². The monoisotopic (exact) mass is 442 g/mol. The molecule has 0 radical (unpaired) electrons. The molecule has 0 bridgehead atoms. The fourth-order valence-corrected chi connectivity index (χ4v) is 4.64. The fourth-order valence-electron chi connectivity index (χ4n) is 4.64. The van der Waals surface area contributed by atoms with E-state index in [0.29, 0.717) is 43.5 Å². The van der Waals surface area contributed by atoms with E-state index in [1.807, 2.05) is 41.3 Å². The fraction of sp³-hybridized carbons (Fsp3) is 0.296. The van der Waals surface area contributed by atoms with Crippen LogP contribution in [0.15, 0.2) is 59.0 Å². The van der Waals surface area contributed by atoms with Crippen LogP contribution in [0.25, 0.3) is 0 Å². The minimum Gasteiger partial charge on any atom is -0.495 e. The van der Waals surface area contributed by atoms with E-state index in [1.54, 1.807) is 19.2 Å². The number of hydrogen-bond donors (Lipinski definition) is 1. The van der Waals surface area contributed by atoms with Crippen LogP contribution in [0.4, 0.5) is 0 Å². The summed E-state index contributed by atoms with van der Waals surface area (Å²) in [6, 6.07) is 17.2. The quantitative estimate of drug-likeness (QED) is 0.626. The highest BCUT2D eigenvalue weighted by molar-refractivity contribution is 5.91. The number of benzene rings is 2. The van der Waals surface area contributed by atoms with Gasteiger partial charge >= 0.3 is 0 Å². The molecule has 0 unspecified atom stereocenters. The van der Waals surface area contributed by atoms with Gasteiger partial charge in [-0.05, 0) is 54.7 Å². The van der Waals surface area contributed by atoms with Crippen LogP contribution >= 0.6 is 0 Å². The van der Waals surface area contributed by atoms with Gasteiger partial charge in [-0.3, -0.25) is 4.79 Å². The summed E-state index contributed by atoms with van der Waals surface area (Å²) in [7, 11) is 1.61. The number of likely N-dealkylation sites (tertiary alicyclic amines) is 1. The average Bonchev–Trinajstić information content (AvgIpc) is 3.48. The van der Waals surface area contributed by atoms with Gasteiger partial charge in [0.2, 0.25) is 0 Å². The zero-order valence-corrected chi connectivity index (χ0v) is 18.6. The second-order valence-electron chi connectivity index (χ2n) is 8.51. The molecule has 1 aromatic heterocycles. The third-order valence-electron chi connectivity index (χ3n) is 6.61. The molecule has 0 saturated carbocycles. The van der Waals surface area contributed by atoms with Crippen molar-refractivity contribution in [3.05, 3.63) is 82.8 Å². The van der Waals surface area contributed by atoms with Crippen LogP contribution in [-0.4, -0.2) is 37.6 Å². The number of carbonyl (C=O) groups excluding carboxylic acids is 1. The molecule has 6 heteroatoms. The molecule has 5 rings (SSSR count). The van der Waals surface area contributed by atoms with Crippen LogP contribution in [-0.2, 0) is 12.0 Å². The Balaban J connectivity index is 1.27. The topological polar surface area (TPSA) is 77.9 Å². The van der Waals surface area contributed by atoms with Crippen molar-refractivity contribution >= 4 is 5.91 Å². The second-order valence-corrected chi connectivity index (χ2v) is 8.51. The summed E-state index contributed by atoms with van der Waals surface area (Å²) in [5, 5.41) is 0. The number of methoxy groups -OCH3 is 1. The summed E-state index contributed by atoms with van der Waals surface area (Å²) in [6.45, 7) is 2.46. The molecule has 33 heavy (non-hydrogen) atoms. The van der Waals surface area contributed by atoms with E-state index in [4.69, 9.17) is 19.6 Å². The lowest BCUT2D eigenvalue weighted by molar-refractivity contribution is 0.0615. The van der Waals surface area contributed by atoms with Crippen molar-refractivity contribution in [1.82, 2.24) is 4.90 Å². The van der Waals surface area contributed by atoms with E-state index in [9.17, 15) is 4.79 Å². The maximum Gasteiger partial charge on any atom is 0.289 e. The SMILES string of the molecule is COc1ccccc1C#Cc1ccc(C(=O)N2CCC3(CC2)COc2ccc(CN)cc23)o1. The van der Waals surface area contributed by atoms with Crippen molar-refractivity contribution in [2.24, 2.45) is 5.73 Å². The summed E-state index contributed by atoms with van der Waals surface area (Å²) in [4.78, 5) is 14.9. The Morgan fingerprint density at radius 1 is 1.12 bits per heavy atom. The van der Waals surface area contributed by atoms with Gasteiger partial charge in [0.15, 0.2) is 11.5 Å². The zero-order valence-electron chi connectivity index (χ0n) is 18.6. The van der Waals surface area contributed by atoms with Crippen molar-refractivity contribution in [2.75, 3.05) is 26.8 Å². The predicted molar refractivity (Wildman–Crippen MR) is 124 cm³/mol. The van der Waals surface area contributed by atoms with E-state index in [1.165, 1.54) is 5.56 Å². The Morgan fingerprint density at radius 2 is 1.94 bits per heavy atom. The number of piperidine rings is 1. The minimum atomic E-state index is -0.106. The largest absolute Gasteiger partial charge is 0.495 e. The van der Waals surface area contributed by atoms with Crippen LogP contribution in [0.1, 0.15) is 45.8 Å². The number of rotatable bonds is 3. The maximum absolute atomic E-state index is 13.1. The average molecular weight is 443 g/mol. The van der Waals surface area contributed by atoms with Gasteiger partial charge in [-0.25, -0.2) is 0 Å². The van der Waals surface area contributed by atoms with E-state index >= 15 is 0 Å². The Morgan fingerprint density at radius 3 is 2.73 bits per heavy atom. The highest BCUT2D eigenvalue weighted by Crippen LogP contribution is 2.46. The molecule has 2 N–H and O–H groups in total. The molecule has 3 heterocycles. The number of carbonyl (C=O) groups is 1. The van der Waals surface area contributed by atoms with Crippen molar-refractivity contribution in [3.63, 3.8) is 0 Å². The zero-order chi connectivity index (χ0) is 22.8. The smallest absolute Gasteiger partial charge is 0.289 e. The molecule has 0 aliphatic carbocycles. The molecule has 6 nitrogen and oxygen atoms in total. The third-order valence-corrected chi connectivity index (χ3v) is 6.61. The Labute approximate surface area is 193 Å². The van der Waals surface area contributed by atoms with Crippen molar-refractivity contribution < 1.29 is 18.7 Å². The van der Waals surface area contributed by atoms with Gasteiger partial charge in [-0.15, -0.1) is 0 Å². The van der Waals surface area contributed by atoms with E-state index in [2.05, 4.69) is 17.9 Å². The minimum absolute atomic E-state index is 0.0498. The van der Waals surface area contributed by atoms with Crippen molar-refractivity contribution in [3.8, 4) is 23.3 Å². The van der Waals surface area contributed by atoms with Crippen LogP contribution in [0, 0.1) is 11.8 Å². The summed E-state index contributed by atoms with van der Waals surface area (Å²) in [5.74, 6) is 8.32. The molecule has 2 aromatic carbocycles. The first-order chi connectivity index (χ1) is 16.1. The maximum atomic E-state index is 13.1. The molecule has 1 spiro atoms. The third kappa shape index (κ3) is 3.96. The summed E-state index contributed by atoms with van der Waals surface area (Å²) in [5.41, 5.74) is 8.89. The van der Waals surface area contributed by atoms with Crippen LogP contribution < -0.4 is 15.2 Å². The van der Waals surface area contributed by atoms with Gasteiger partial charge in [0, 0.05) is 30.6 Å². The standard InChI is InChI=1S/C27H26N2O4/c1-31-23-5-3-2-4-20(23)7-8-21-9-11-25(33-21)26(30)29-14-12-27(13-15-29)18-32-24-10-6-19(17-28)16-22(24)27/h2-6,9-11,16H,12-15,17-18,28H2,1H3. The van der Waals surface area contributed by atoms with Gasteiger partial charge in [0.25, 0.3) is 5.91 Å². The summed E-state index contributed by atoms with van der Waals surface area (Å²) < 4.78 is 17.0. The first kappa shape index (κ1) is 21.2. The molecule has 2 aliphatic heterocycles. The van der Waals surface area contributed by atoms with Crippen molar-refractivity contribution in [1.29, 1.82) is 0 Å². The van der Waals surface area contributed by atoms with Gasteiger partial charge < -0.3 is 24.5 Å². The van der Waals surface area contributed by atoms with Gasteiger partial charge in [-0.2, -0.15) is 0 Å². The number of amides is 1. The molecule has 2 aliphatic rings. The number of para-hydroxylation sites is 1. The lowest BCUT2D eigenvalue weighted by Crippen LogP contribution is -2.46. The normalized spacial score (nSPS) is 16.0. The lowest BCUT2D eigenvalue weighted by Gasteiger charge is -2.38. The van der Waals surface area contributed by atoms with Gasteiger partial charge in [0.1, 0.15) is 11.5 Å². The number of furan rings is 1. The number of nitrogens with zero attached hydrogens (tertiary/aromatic N) is 1. The molecule has 0 atom stereocenters. The van der Waals surface area contributed by atoms with Crippen LogP contribution in [0.2, 0.25) is 0 Å². The van der Waals surface area contributed by atoms with E-state index in [-0.39, 0.29) is 11.3 Å². The Hall–Kier alpha value is -3.69. The molecule has 1 saturated heterocycles. The first-order valence-electron chi connectivity index (χ1n) is 11.1. The lowest BCUT2D eigenvalue weighted by atomic mass is 9.74. The number of fused-ring (bicyclic) bond motifs is 2. The Bertz CT molecular complexity index is 1240. The van der Waals surface area contributed by atoms with Crippen LogP contribution in [0.3, 0.4) is 0 Å². The highest BCUT2D eigenvalue weighted by Gasteiger charge is 2.44.